The highest BCUT2D eigenvalue weighted by molar-refractivity contribution is 6.01. The molecule has 2 unspecified atom stereocenters. The highest BCUT2D eigenvalue weighted by Crippen LogP contribution is 2.33. The summed E-state index contributed by atoms with van der Waals surface area (Å²) in [5.41, 5.74) is 0.704. The Kier molecular flexibility index (Phi) is 5.55. The van der Waals surface area contributed by atoms with E-state index in [0.717, 1.165) is 0 Å². The molecular formula is C22H24N2O5. The van der Waals surface area contributed by atoms with Gasteiger partial charge >= 0.3 is 0 Å². The number of hydrogen-bond donors (Lipinski definition) is 1. The lowest BCUT2D eigenvalue weighted by molar-refractivity contribution is -0.126. The summed E-state index contributed by atoms with van der Waals surface area (Å²) in [6, 6.07) is 14.8. The molecule has 2 aliphatic heterocycles. The van der Waals surface area contributed by atoms with Crippen molar-refractivity contribution in [2.75, 3.05) is 31.2 Å². The highest BCUT2D eigenvalue weighted by Gasteiger charge is 2.36. The van der Waals surface area contributed by atoms with Crippen LogP contribution in [0.2, 0.25) is 0 Å². The fourth-order valence-electron chi connectivity index (χ4n) is 3.60. The van der Waals surface area contributed by atoms with Crippen molar-refractivity contribution in [1.29, 1.82) is 0 Å². The molecule has 2 aromatic carbocycles. The molecule has 1 fully saturated rings. The summed E-state index contributed by atoms with van der Waals surface area (Å²) in [6.45, 7) is 3.44. The van der Waals surface area contributed by atoms with Gasteiger partial charge in [0.15, 0.2) is 11.5 Å². The second-order valence-corrected chi connectivity index (χ2v) is 7.05. The minimum atomic E-state index is -0.408. The Morgan fingerprint density at radius 2 is 1.93 bits per heavy atom. The standard InChI is InChI=1S/C22H24N2O5/c1-2-27-18-8-4-3-7-17(18)24-13-15(11-21(24)25)22(26)23-12-16-14-28-19-9-5-6-10-20(19)29-16/h3-10,15-16H,2,11-14H2,1H3,(H,23,26). The highest BCUT2D eigenvalue weighted by atomic mass is 16.6. The van der Waals surface area contributed by atoms with Crippen molar-refractivity contribution in [2.45, 2.75) is 19.4 Å². The third-order valence-electron chi connectivity index (χ3n) is 5.02. The molecule has 0 aromatic heterocycles. The number of para-hydroxylation sites is 4. The third kappa shape index (κ3) is 4.13. The minimum absolute atomic E-state index is 0.0801. The van der Waals surface area contributed by atoms with E-state index < -0.39 is 5.92 Å². The summed E-state index contributed by atoms with van der Waals surface area (Å²) in [6.07, 6.45) is -0.0855. The number of fused-ring (bicyclic) bond motifs is 1. The number of ether oxygens (including phenoxy) is 3. The molecule has 1 N–H and O–H groups in total. The molecule has 2 aromatic rings. The van der Waals surface area contributed by atoms with E-state index in [0.29, 0.717) is 49.2 Å². The molecule has 4 rings (SSSR count). The first kappa shape index (κ1) is 19.1. The molecule has 2 atom stereocenters. The van der Waals surface area contributed by atoms with Gasteiger partial charge in [0.2, 0.25) is 11.8 Å². The van der Waals surface area contributed by atoms with E-state index in [1.807, 2.05) is 55.5 Å². The van der Waals surface area contributed by atoms with Crippen LogP contribution in [0.3, 0.4) is 0 Å². The number of amides is 2. The van der Waals surface area contributed by atoms with Gasteiger partial charge in [0.05, 0.1) is 24.8 Å². The fraction of sp³-hybridized carbons (Fsp3) is 0.364. The molecule has 0 bridgehead atoms. The number of rotatable bonds is 6. The molecule has 2 amide bonds. The van der Waals surface area contributed by atoms with Crippen molar-refractivity contribution in [3.63, 3.8) is 0 Å². The molecule has 1 saturated heterocycles. The first-order valence-electron chi connectivity index (χ1n) is 9.84. The lowest BCUT2D eigenvalue weighted by Crippen LogP contribution is -2.43. The van der Waals surface area contributed by atoms with E-state index in [2.05, 4.69) is 5.32 Å². The maximum Gasteiger partial charge on any atom is 0.227 e. The molecule has 0 saturated carbocycles. The summed E-state index contributed by atoms with van der Waals surface area (Å²) in [5.74, 6) is 1.39. The van der Waals surface area contributed by atoms with Crippen LogP contribution < -0.4 is 24.4 Å². The van der Waals surface area contributed by atoms with E-state index in [1.165, 1.54) is 0 Å². The van der Waals surface area contributed by atoms with Gasteiger partial charge in [-0.3, -0.25) is 9.59 Å². The topological polar surface area (TPSA) is 77.1 Å². The maximum absolute atomic E-state index is 12.6. The van der Waals surface area contributed by atoms with Crippen LogP contribution in [-0.4, -0.2) is 44.2 Å². The van der Waals surface area contributed by atoms with Gasteiger partial charge in [-0.25, -0.2) is 0 Å². The summed E-state index contributed by atoms with van der Waals surface area (Å²) in [7, 11) is 0. The third-order valence-corrected chi connectivity index (χ3v) is 5.02. The zero-order valence-electron chi connectivity index (χ0n) is 16.3. The molecule has 0 spiro atoms. The fourth-order valence-corrected chi connectivity index (χ4v) is 3.60. The number of nitrogens with one attached hydrogen (secondary N) is 1. The van der Waals surface area contributed by atoms with Gasteiger partial charge in [0, 0.05) is 13.0 Å². The van der Waals surface area contributed by atoms with Crippen LogP contribution in [0.15, 0.2) is 48.5 Å². The number of hydrogen-bond acceptors (Lipinski definition) is 5. The second kappa shape index (κ2) is 8.43. The van der Waals surface area contributed by atoms with Crippen molar-refractivity contribution >= 4 is 17.5 Å². The lowest BCUT2D eigenvalue weighted by Gasteiger charge is -2.27. The Hall–Kier alpha value is -3.22. The summed E-state index contributed by atoms with van der Waals surface area (Å²) in [4.78, 5) is 26.8. The number of carbonyl (C=O) groups excluding carboxylic acids is 2. The van der Waals surface area contributed by atoms with E-state index in [-0.39, 0.29) is 24.3 Å². The van der Waals surface area contributed by atoms with Crippen molar-refractivity contribution in [3.05, 3.63) is 48.5 Å². The number of benzene rings is 2. The molecular weight excluding hydrogens is 372 g/mol. The van der Waals surface area contributed by atoms with Crippen LogP contribution in [0, 0.1) is 5.92 Å². The minimum Gasteiger partial charge on any atom is -0.492 e. The van der Waals surface area contributed by atoms with Crippen LogP contribution in [0.25, 0.3) is 0 Å². The predicted molar refractivity (Wildman–Crippen MR) is 107 cm³/mol. The van der Waals surface area contributed by atoms with Gasteiger partial charge in [-0.2, -0.15) is 0 Å². The Balaban J connectivity index is 1.34. The molecule has 2 aliphatic rings. The predicted octanol–water partition coefficient (Wildman–Crippen LogP) is 2.39. The SMILES string of the molecule is CCOc1ccccc1N1CC(C(=O)NCC2COc3ccccc3O2)CC1=O. The molecule has 0 aliphatic carbocycles. The summed E-state index contributed by atoms with van der Waals surface area (Å²) >= 11 is 0. The molecule has 7 nitrogen and oxygen atoms in total. The van der Waals surface area contributed by atoms with Gasteiger partial charge in [-0.05, 0) is 31.2 Å². The van der Waals surface area contributed by atoms with Crippen molar-refractivity contribution in [1.82, 2.24) is 5.32 Å². The Morgan fingerprint density at radius 1 is 1.17 bits per heavy atom. The monoisotopic (exact) mass is 396 g/mol. The van der Waals surface area contributed by atoms with Crippen molar-refractivity contribution in [2.24, 2.45) is 5.92 Å². The molecule has 0 radical (unpaired) electrons. The molecule has 2 heterocycles. The van der Waals surface area contributed by atoms with Crippen LogP contribution in [-0.2, 0) is 9.59 Å². The Labute approximate surface area is 169 Å². The van der Waals surface area contributed by atoms with E-state index >= 15 is 0 Å². The van der Waals surface area contributed by atoms with Crippen molar-refractivity contribution in [3.8, 4) is 17.2 Å². The zero-order valence-corrected chi connectivity index (χ0v) is 16.3. The number of carbonyl (C=O) groups is 2. The second-order valence-electron chi connectivity index (χ2n) is 7.05. The molecule has 152 valence electrons. The van der Waals surface area contributed by atoms with Gasteiger partial charge in [-0.15, -0.1) is 0 Å². The normalized spacial score (nSPS) is 20.4. The van der Waals surface area contributed by atoms with E-state index in [1.54, 1.807) is 4.90 Å². The van der Waals surface area contributed by atoms with E-state index in [9.17, 15) is 9.59 Å². The smallest absolute Gasteiger partial charge is 0.227 e. The molecule has 29 heavy (non-hydrogen) atoms. The van der Waals surface area contributed by atoms with Gasteiger partial charge in [0.25, 0.3) is 0 Å². The number of nitrogens with zero attached hydrogens (tertiary/aromatic N) is 1. The van der Waals surface area contributed by atoms with Crippen LogP contribution in [0.5, 0.6) is 17.2 Å². The number of anilines is 1. The Bertz CT molecular complexity index is 900. The Morgan fingerprint density at radius 3 is 2.76 bits per heavy atom. The summed E-state index contributed by atoms with van der Waals surface area (Å²) in [5, 5.41) is 2.90. The van der Waals surface area contributed by atoms with Crippen LogP contribution >= 0.6 is 0 Å². The lowest BCUT2D eigenvalue weighted by atomic mass is 10.1. The average molecular weight is 396 g/mol. The van der Waals surface area contributed by atoms with Crippen LogP contribution in [0.4, 0.5) is 5.69 Å². The van der Waals surface area contributed by atoms with Crippen molar-refractivity contribution < 1.29 is 23.8 Å². The van der Waals surface area contributed by atoms with Crippen LogP contribution in [0.1, 0.15) is 13.3 Å². The first-order chi connectivity index (χ1) is 14.2. The van der Waals surface area contributed by atoms with Gasteiger partial charge in [0.1, 0.15) is 18.5 Å². The van der Waals surface area contributed by atoms with Gasteiger partial charge < -0.3 is 24.4 Å². The quantitative estimate of drug-likeness (QED) is 0.811. The molecule has 7 heteroatoms. The van der Waals surface area contributed by atoms with E-state index in [4.69, 9.17) is 14.2 Å². The summed E-state index contributed by atoms with van der Waals surface area (Å²) < 4.78 is 17.2. The first-order valence-corrected chi connectivity index (χ1v) is 9.84. The average Bonchev–Trinajstić information content (AvgIpc) is 3.14. The maximum atomic E-state index is 12.6. The van der Waals surface area contributed by atoms with Gasteiger partial charge in [-0.1, -0.05) is 24.3 Å². The largest absolute Gasteiger partial charge is 0.492 e. The zero-order chi connectivity index (χ0) is 20.2.